The number of carbonyl (C=O) groups is 1. The van der Waals surface area contributed by atoms with Gasteiger partial charge in [-0.2, -0.15) is 4.31 Å². The van der Waals surface area contributed by atoms with E-state index in [0.29, 0.717) is 11.3 Å². The number of furan rings is 1. The van der Waals surface area contributed by atoms with Crippen LogP contribution in [0.4, 0.5) is 0 Å². The topological polar surface area (TPSA) is 87.8 Å². The quantitative estimate of drug-likeness (QED) is 0.881. The van der Waals surface area contributed by atoms with Crippen molar-refractivity contribution in [1.82, 2.24) is 4.31 Å². The molecule has 0 atom stereocenters. The Kier molecular flexibility index (Phi) is 4.68. The summed E-state index contributed by atoms with van der Waals surface area (Å²) in [5.74, 6) is 0.0675. The second-order valence-corrected chi connectivity index (χ2v) is 7.10. The van der Waals surface area contributed by atoms with E-state index < -0.39 is 16.0 Å². The fourth-order valence-corrected chi connectivity index (χ4v) is 3.11. The molecule has 22 heavy (non-hydrogen) atoms. The summed E-state index contributed by atoms with van der Waals surface area (Å²) >= 11 is 0. The van der Waals surface area contributed by atoms with Gasteiger partial charge in [-0.15, -0.1) is 0 Å². The van der Waals surface area contributed by atoms with Gasteiger partial charge in [-0.25, -0.2) is 13.2 Å². The fraction of sp³-hybridized carbons (Fsp3) is 0.267. The van der Waals surface area contributed by atoms with Crippen molar-refractivity contribution in [3.05, 3.63) is 59.0 Å². The predicted molar refractivity (Wildman–Crippen MR) is 80.9 cm³/mol. The van der Waals surface area contributed by atoms with E-state index in [0.717, 1.165) is 5.76 Å². The molecule has 0 aliphatic carbocycles. The van der Waals surface area contributed by atoms with Crippen molar-refractivity contribution in [3.63, 3.8) is 0 Å². The molecule has 6 nitrogen and oxygen atoms in total. The minimum absolute atomic E-state index is 0.126. The van der Waals surface area contributed by atoms with E-state index in [1.807, 2.05) is 0 Å². The van der Waals surface area contributed by atoms with Crippen LogP contribution < -0.4 is 0 Å². The van der Waals surface area contributed by atoms with Gasteiger partial charge in [0, 0.05) is 7.05 Å². The zero-order valence-electron chi connectivity index (χ0n) is 12.3. The van der Waals surface area contributed by atoms with Gasteiger partial charge in [-0.3, -0.25) is 0 Å². The lowest BCUT2D eigenvalue weighted by Crippen LogP contribution is -2.27. The number of carboxylic acid groups (broad SMARTS) is 1. The number of carboxylic acids is 1. The summed E-state index contributed by atoms with van der Waals surface area (Å²) in [5.41, 5.74) is 0.660. The molecule has 0 aliphatic rings. The van der Waals surface area contributed by atoms with Crippen LogP contribution in [0.25, 0.3) is 0 Å². The summed E-state index contributed by atoms with van der Waals surface area (Å²) in [6.45, 7) is 1.95. The van der Waals surface area contributed by atoms with Crippen LogP contribution in [0.2, 0.25) is 0 Å². The van der Waals surface area contributed by atoms with Gasteiger partial charge >= 0.3 is 5.97 Å². The highest BCUT2D eigenvalue weighted by Crippen LogP contribution is 2.15. The van der Waals surface area contributed by atoms with Crippen LogP contribution in [-0.2, 0) is 22.3 Å². The first kappa shape index (κ1) is 16.3. The molecule has 2 rings (SSSR count). The first-order chi connectivity index (χ1) is 10.3. The Hall–Kier alpha value is -2.12. The fourth-order valence-electron chi connectivity index (χ4n) is 1.95. The van der Waals surface area contributed by atoms with Crippen molar-refractivity contribution < 1.29 is 22.7 Å². The van der Waals surface area contributed by atoms with Crippen LogP contribution in [0, 0.1) is 6.92 Å². The SMILES string of the molecule is Cc1ccc(CN(C)S(=O)(=O)Cc2ccc(C(=O)O)cc2)o1. The summed E-state index contributed by atoms with van der Waals surface area (Å²) in [5, 5.41) is 8.83. The van der Waals surface area contributed by atoms with Gasteiger partial charge in [0.2, 0.25) is 10.0 Å². The molecule has 7 heteroatoms. The third-order valence-electron chi connectivity index (χ3n) is 3.20. The Morgan fingerprint density at radius 3 is 2.32 bits per heavy atom. The van der Waals surface area contributed by atoms with E-state index in [2.05, 4.69) is 0 Å². The molecular formula is C15H17NO5S. The molecule has 0 bridgehead atoms. The van der Waals surface area contributed by atoms with Crippen LogP contribution >= 0.6 is 0 Å². The number of rotatable bonds is 6. The molecule has 0 aliphatic heterocycles. The normalized spacial score (nSPS) is 11.8. The van der Waals surface area contributed by atoms with Crippen molar-refractivity contribution in [1.29, 1.82) is 0 Å². The van der Waals surface area contributed by atoms with Gasteiger partial charge in [0.15, 0.2) is 0 Å². The Bertz CT molecular complexity index is 761. The summed E-state index contributed by atoms with van der Waals surface area (Å²) in [6, 6.07) is 9.31. The Morgan fingerprint density at radius 1 is 1.18 bits per heavy atom. The monoisotopic (exact) mass is 323 g/mol. The molecule has 0 saturated carbocycles. The summed E-state index contributed by atoms with van der Waals surface area (Å²) < 4.78 is 31.2. The standard InChI is InChI=1S/C15H17NO5S/c1-11-3-8-14(21-11)9-16(2)22(19,20)10-12-4-6-13(7-5-12)15(17)18/h3-8H,9-10H2,1-2H3,(H,17,18). The number of sulfonamides is 1. The number of hydrogen-bond donors (Lipinski definition) is 1. The molecule has 0 spiro atoms. The number of benzene rings is 1. The molecule has 0 radical (unpaired) electrons. The zero-order valence-corrected chi connectivity index (χ0v) is 13.1. The van der Waals surface area contributed by atoms with Gasteiger partial charge in [0.25, 0.3) is 0 Å². The van der Waals surface area contributed by atoms with E-state index in [1.165, 1.54) is 35.6 Å². The lowest BCUT2D eigenvalue weighted by Gasteiger charge is -2.16. The highest BCUT2D eigenvalue weighted by atomic mass is 32.2. The van der Waals surface area contributed by atoms with Gasteiger partial charge in [-0.1, -0.05) is 12.1 Å². The molecule has 1 N–H and O–H groups in total. The second kappa shape index (κ2) is 6.33. The number of nitrogens with zero attached hydrogens (tertiary/aromatic N) is 1. The van der Waals surface area contributed by atoms with Gasteiger partial charge in [-0.05, 0) is 36.8 Å². The molecular weight excluding hydrogens is 306 g/mol. The number of hydrogen-bond acceptors (Lipinski definition) is 4. The predicted octanol–water partition coefficient (Wildman–Crippen LogP) is 2.25. The second-order valence-electron chi connectivity index (χ2n) is 5.03. The van der Waals surface area contributed by atoms with Crippen molar-refractivity contribution in [2.45, 2.75) is 19.2 Å². The maximum atomic E-state index is 12.3. The molecule has 2 aromatic rings. The first-order valence-corrected chi connectivity index (χ1v) is 8.20. The van der Waals surface area contributed by atoms with Crippen LogP contribution in [0.3, 0.4) is 0 Å². The van der Waals surface area contributed by atoms with Crippen molar-refractivity contribution in [2.24, 2.45) is 0 Å². The molecule has 0 unspecified atom stereocenters. The van der Waals surface area contributed by atoms with Crippen LogP contribution in [0.5, 0.6) is 0 Å². The smallest absolute Gasteiger partial charge is 0.335 e. The van der Waals surface area contributed by atoms with E-state index in [4.69, 9.17) is 9.52 Å². The molecule has 1 aromatic carbocycles. The average Bonchev–Trinajstić information content (AvgIpc) is 2.84. The Labute approximate surface area is 129 Å². The molecule has 0 fully saturated rings. The summed E-state index contributed by atoms with van der Waals surface area (Å²) in [4.78, 5) is 10.8. The third kappa shape index (κ3) is 3.96. The van der Waals surface area contributed by atoms with Gasteiger partial charge in [0.05, 0.1) is 17.9 Å². The minimum Gasteiger partial charge on any atom is -0.478 e. The van der Waals surface area contributed by atoms with Crippen LogP contribution in [0.1, 0.15) is 27.4 Å². The van der Waals surface area contributed by atoms with Crippen molar-refractivity contribution >= 4 is 16.0 Å². The first-order valence-electron chi connectivity index (χ1n) is 6.59. The lowest BCUT2D eigenvalue weighted by atomic mass is 10.1. The lowest BCUT2D eigenvalue weighted by molar-refractivity contribution is 0.0697. The maximum Gasteiger partial charge on any atom is 0.335 e. The number of aromatic carboxylic acids is 1. The van der Waals surface area contributed by atoms with E-state index in [9.17, 15) is 13.2 Å². The molecule has 1 heterocycles. The van der Waals surface area contributed by atoms with Gasteiger partial charge in [0.1, 0.15) is 11.5 Å². The van der Waals surface area contributed by atoms with Crippen LogP contribution in [-0.4, -0.2) is 30.8 Å². The van der Waals surface area contributed by atoms with Crippen molar-refractivity contribution in [3.8, 4) is 0 Å². The Balaban J connectivity index is 2.07. The Morgan fingerprint density at radius 2 is 1.82 bits per heavy atom. The van der Waals surface area contributed by atoms with E-state index in [1.54, 1.807) is 19.1 Å². The molecule has 0 amide bonds. The van der Waals surface area contributed by atoms with E-state index in [-0.39, 0.29) is 17.9 Å². The summed E-state index contributed by atoms with van der Waals surface area (Å²) in [7, 11) is -2.02. The highest BCUT2D eigenvalue weighted by molar-refractivity contribution is 7.88. The maximum absolute atomic E-state index is 12.3. The third-order valence-corrected chi connectivity index (χ3v) is 4.98. The van der Waals surface area contributed by atoms with E-state index >= 15 is 0 Å². The van der Waals surface area contributed by atoms with Crippen molar-refractivity contribution in [2.75, 3.05) is 7.05 Å². The minimum atomic E-state index is -3.51. The van der Waals surface area contributed by atoms with Crippen LogP contribution in [0.15, 0.2) is 40.8 Å². The summed E-state index contributed by atoms with van der Waals surface area (Å²) in [6.07, 6.45) is 0. The molecule has 118 valence electrons. The largest absolute Gasteiger partial charge is 0.478 e. The zero-order chi connectivity index (χ0) is 16.3. The molecule has 1 aromatic heterocycles. The molecule has 0 saturated heterocycles. The average molecular weight is 323 g/mol. The highest BCUT2D eigenvalue weighted by Gasteiger charge is 2.20. The number of aryl methyl sites for hydroxylation is 1. The van der Waals surface area contributed by atoms with Gasteiger partial charge < -0.3 is 9.52 Å².